The number of anilines is 2. The highest BCUT2D eigenvalue weighted by Crippen LogP contribution is 2.18. The van der Waals surface area contributed by atoms with Gasteiger partial charge in [-0.3, -0.25) is 14.5 Å². The van der Waals surface area contributed by atoms with E-state index in [1.807, 2.05) is 0 Å². The second kappa shape index (κ2) is 7.50. The number of sulfonamides is 1. The van der Waals surface area contributed by atoms with Crippen molar-refractivity contribution >= 4 is 27.3 Å². The number of pyridine rings is 1. The molecule has 0 aliphatic heterocycles. The number of rotatable bonds is 5. The first-order chi connectivity index (χ1) is 12.8. The van der Waals surface area contributed by atoms with E-state index in [9.17, 15) is 22.0 Å². The second-order valence-electron chi connectivity index (χ2n) is 5.46. The molecule has 0 bridgehead atoms. The van der Waals surface area contributed by atoms with Crippen molar-refractivity contribution in [3.8, 4) is 0 Å². The average Bonchev–Trinajstić information content (AvgIpc) is 2.65. The number of amides is 1. The van der Waals surface area contributed by atoms with Gasteiger partial charge in [-0.2, -0.15) is 0 Å². The maximum Gasteiger partial charge on any atom is 0.261 e. The van der Waals surface area contributed by atoms with Crippen molar-refractivity contribution in [3.05, 3.63) is 84.2 Å². The van der Waals surface area contributed by atoms with Gasteiger partial charge in [0.25, 0.3) is 15.9 Å². The largest absolute Gasteiger partial charge is 0.322 e. The molecule has 0 saturated carbocycles. The molecule has 1 heterocycles. The molecule has 2 N–H and O–H groups in total. The first-order valence-electron chi connectivity index (χ1n) is 7.64. The quantitative estimate of drug-likeness (QED) is 0.700. The monoisotopic (exact) mass is 389 g/mol. The minimum atomic E-state index is -3.84. The summed E-state index contributed by atoms with van der Waals surface area (Å²) in [6, 6.07) is 11.9. The lowest BCUT2D eigenvalue weighted by Gasteiger charge is -2.09. The lowest BCUT2D eigenvalue weighted by molar-refractivity contribution is 0.102. The van der Waals surface area contributed by atoms with Crippen molar-refractivity contribution in [2.75, 3.05) is 10.0 Å². The summed E-state index contributed by atoms with van der Waals surface area (Å²) in [5.74, 6) is -2.79. The number of carbonyl (C=O) groups excluding carboxylic acids is 1. The Balaban J connectivity index is 1.79. The van der Waals surface area contributed by atoms with Crippen molar-refractivity contribution in [2.24, 2.45) is 0 Å². The highest BCUT2D eigenvalue weighted by atomic mass is 32.2. The van der Waals surface area contributed by atoms with Crippen LogP contribution < -0.4 is 10.0 Å². The first kappa shape index (κ1) is 18.5. The fourth-order valence-electron chi connectivity index (χ4n) is 2.21. The smallest absolute Gasteiger partial charge is 0.261 e. The van der Waals surface area contributed by atoms with Gasteiger partial charge in [-0.15, -0.1) is 0 Å². The van der Waals surface area contributed by atoms with Crippen LogP contribution in [0.2, 0.25) is 0 Å². The van der Waals surface area contributed by atoms with E-state index in [-0.39, 0.29) is 21.8 Å². The molecule has 3 aromatic rings. The maximum absolute atomic E-state index is 13.2. The van der Waals surface area contributed by atoms with Gasteiger partial charge in [-0.1, -0.05) is 18.2 Å². The zero-order valence-electron chi connectivity index (χ0n) is 13.7. The summed E-state index contributed by atoms with van der Waals surface area (Å²) < 4.78 is 53.2. The third-order valence-electron chi connectivity index (χ3n) is 3.48. The molecular weight excluding hydrogens is 376 g/mol. The van der Waals surface area contributed by atoms with E-state index in [4.69, 9.17) is 0 Å². The van der Waals surface area contributed by atoms with Crippen LogP contribution in [-0.2, 0) is 10.0 Å². The van der Waals surface area contributed by atoms with Crippen LogP contribution in [0.4, 0.5) is 20.2 Å². The Kier molecular flexibility index (Phi) is 5.13. The summed E-state index contributed by atoms with van der Waals surface area (Å²) in [4.78, 5) is 16.1. The van der Waals surface area contributed by atoms with Crippen molar-refractivity contribution in [3.63, 3.8) is 0 Å². The number of hydrogen-bond donors (Lipinski definition) is 2. The van der Waals surface area contributed by atoms with Gasteiger partial charge >= 0.3 is 0 Å². The third-order valence-corrected chi connectivity index (χ3v) is 4.88. The minimum absolute atomic E-state index is 0.0352. The maximum atomic E-state index is 13.2. The minimum Gasteiger partial charge on any atom is -0.322 e. The lowest BCUT2D eigenvalue weighted by atomic mass is 10.2. The van der Waals surface area contributed by atoms with Crippen LogP contribution in [0.3, 0.4) is 0 Å². The number of hydrogen-bond acceptors (Lipinski definition) is 4. The van der Waals surface area contributed by atoms with Gasteiger partial charge in [0.1, 0.15) is 0 Å². The Morgan fingerprint density at radius 2 is 1.63 bits per heavy atom. The van der Waals surface area contributed by atoms with Gasteiger partial charge in [0.05, 0.1) is 22.3 Å². The number of nitrogens with one attached hydrogen (secondary N) is 2. The summed E-state index contributed by atoms with van der Waals surface area (Å²) in [6.45, 7) is 0. The van der Waals surface area contributed by atoms with E-state index in [2.05, 4.69) is 15.0 Å². The zero-order chi connectivity index (χ0) is 19.4. The molecule has 0 saturated heterocycles. The SMILES string of the molecule is O=C(Nc1ccc(F)c(F)c1)c1cncc(NS(=O)(=O)c2ccccc2)c1. The molecule has 1 aromatic heterocycles. The number of carbonyl (C=O) groups is 1. The van der Waals surface area contributed by atoms with Crippen LogP contribution in [-0.4, -0.2) is 19.3 Å². The van der Waals surface area contributed by atoms with E-state index in [0.29, 0.717) is 0 Å². The predicted molar refractivity (Wildman–Crippen MR) is 95.8 cm³/mol. The van der Waals surface area contributed by atoms with E-state index in [1.165, 1.54) is 36.7 Å². The molecule has 27 heavy (non-hydrogen) atoms. The molecule has 0 spiro atoms. The Hall–Kier alpha value is -3.33. The summed E-state index contributed by atoms with van der Waals surface area (Å²) in [5.41, 5.74) is 0.166. The van der Waals surface area contributed by atoms with Crippen LogP contribution >= 0.6 is 0 Å². The fraction of sp³-hybridized carbons (Fsp3) is 0. The van der Waals surface area contributed by atoms with Gasteiger partial charge in [0.15, 0.2) is 11.6 Å². The number of aromatic nitrogens is 1. The van der Waals surface area contributed by atoms with Gasteiger partial charge in [-0.25, -0.2) is 17.2 Å². The fourth-order valence-corrected chi connectivity index (χ4v) is 3.27. The highest BCUT2D eigenvalue weighted by molar-refractivity contribution is 7.92. The first-order valence-corrected chi connectivity index (χ1v) is 9.13. The molecule has 0 aliphatic carbocycles. The Labute approximate surface area is 153 Å². The van der Waals surface area contributed by atoms with Crippen molar-refractivity contribution < 1.29 is 22.0 Å². The van der Waals surface area contributed by atoms with Gasteiger partial charge in [-0.05, 0) is 30.3 Å². The molecule has 2 aromatic carbocycles. The normalized spacial score (nSPS) is 11.0. The highest BCUT2D eigenvalue weighted by Gasteiger charge is 2.15. The molecule has 1 amide bonds. The predicted octanol–water partition coefficient (Wildman–Crippen LogP) is 3.41. The Bertz CT molecular complexity index is 1090. The van der Waals surface area contributed by atoms with Crippen molar-refractivity contribution in [2.45, 2.75) is 4.90 Å². The topological polar surface area (TPSA) is 88.2 Å². The average molecular weight is 389 g/mol. The summed E-state index contributed by atoms with van der Waals surface area (Å²) in [7, 11) is -3.84. The number of nitrogens with zero attached hydrogens (tertiary/aromatic N) is 1. The van der Waals surface area contributed by atoms with Crippen LogP contribution in [0.5, 0.6) is 0 Å². The zero-order valence-corrected chi connectivity index (χ0v) is 14.5. The number of halogens is 2. The second-order valence-corrected chi connectivity index (χ2v) is 7.15. The molecule has 9 heteroatoms. The van der Waals surface area contributed by atoms with Crippen molar-refractivity contribution in [1.29, 1.82) is 0 Å². The van der Waals surface area contributed by atoms with E-state index in [0.717, 1.165) is 12.1 Å². The molecule has 6 nitrogen and oxygen atoms in total. The molecular formula is C18H13F2N3O3S. The van der Waals surface area contributed by atoms with Crippen LogP contribution in [0, 0.1) is 11.6 Å². The molecule has 138 valence electrons. The standard InChI is InChI=1S/C18H13F2N3O3S/c19-16-7-6-13(9-17(16)20)22-18(24)12-8-14(11-21-10-12)23-27(25,26)15-4-2-1-3-5-15/h1-11,23H,(H,22,24). The molecule has 0 radical (unpaired) electrons. The third kappa shape index (κ3) is 4.45. The molecule has 0 aliphatic rings. The van der Waals surface area contributed by atoms with Gasteiger partial charge < -0.3 is 5.32 Å². The van der Waals surface area contributed by atoms with Crippen LogP contribution in [0.1, 0.15) is 10.4 Å². The molecule has 0 atom stereocenters. The molecule has 0 unspecified atom stereocenters. The van der Waals surface area contributed by atoms with E-state index >= 15 is 0 Å². The Morgan fingerprint density at radius 3 is 2.33 bits per heavy atom. The summed E-state index contributed by atoms with van der Waals surface area (Å²) >= 11 is 0. The van der Waals surface area contributed by atoms with Gasteiger partial charge in [0, 0.05) is 18.0 Å². The Morgan fingerprint density at radius 1 is 0.889 bits per heavy atom. The van der Waals surface area contributed by atoms with Crippen LogP contribution in [0.25, 0.3) is 0 Å². The number of benzene rings is 2. The lowest BCUT2D eigenvalue weighted by Crippen LogP contribution is -2.15. The molecule has 0 fully saturated rings. The van der Waals surface area contributed by atoms with Crippen LogP contribution in [0.15, 0.2) is 71.9 Å². The van der Waals surface area contributed by atoms with Gasteiger partial charge in [0.2, 0.25) is 0 Å². The van der Waals surface area contributed by atoms with Crippen molar-refractivity contribution in [1.82, 2.24) is 4.98 Å². The van der Waals surface area contributed by atoms with E-state index in [1.54, 1.807) is 18.2 Å². The summed E-state index contributed by atoms with van der Waals surface area (Å²) in [5, 5.41) is 2.39. The summed E-state index contributed by atoms with van der Waals surface area (Å²) in [6.07, 6.45) is 2.46. The molecule has 3 rings (SSSR count). The van der Waals surface area contributed by atoms with E-state index < -0.39 is 27.6 Å².